The summed E-state index contributed by atoms with van der Waals surface area (Å²) in [7, 11) is 0. The van der Waals surface area contributed by atoms with E-state index in [1.165, 1.54) is 0 Å². The molecule has 3 aliphatic rings. The number of amides is 1. The summed E-state index contributed by atoms with van der Waals surface area (Å²) in [6.07, 6.45) is 0.869. The molecular formula is C17H18BrNO3. The van der Waals surface area contributed by atoms with Gasteiger partial charge in [-0.1, -0.05) is 34.1 Å². The van der Waals surface area contributed by atoms with Gasteiger partial charge in [-0.3, -0.25) is 9.59 Å². The van der Waals surface area contributed by atoms with Crippen LogP contribution in [0.5, 0.6) is 0 Å². The summed E-state index contributed by atoms with van der Waals surface area (Å²) in [6.45, 7) is 3.97. The fourth-order valence-corrected chi connectivity index (χ4v) is 5.59. The number of benzene rings is 1. The van der Waals surface area contributed by atoms with E-state index in [1.54, 1.807) is 0 Å². The molecule has 1 heterocycles. The summed E-state index contributed by atoms with van der Waals surface area (Å²) in [6, 6.07) is 5.94. The summed E-state index contributed by atoms with van der Waals surface area (Å²) in [5.74, 6) is -0.378. The number of rotatable bonds is 2. The lowest BCUT2D eigenvalue weighted by atomic mass is 9.79. The van der Waals surface area contributed by atoms with Crippen molar-refractivity contribution in [3.05, 3.63) is 29.3 Å². The van der Waals surface area contributed by atoms with Crippen molar-refractivity contribution in [2.75, 3.05) is 5.32 Å². The van der Waals surface area contributed by atoms with Gasteiger partial charge in [0.15, 0.2) is 0 Å². The second-order valence-electron chi connectivity index (χ2n) is 6.72. The van der Waals surface area contributed by atoms with Crippen LogP contribution in [0.15, 0.2) is 18.2 Å². The smallest absolute Gasteiger partial charge is 0.310 e. The van der Waals surface area contributed by atoms with Crippen LogP contribution in [0.2, 0.25) is 0 Å². The Morgan fingerprint density at radius 2 is 1.95 bits per heavy atom. The van der Waals surface area contributed by atoms with Gasteiger partial charge in [0.05, 0.1) is 16.7 Å². The first-order valence-corrected chi connectivity index (χ1v) is 8.62. The van der Waals surface area contributed by atoms with Crippen molar-refractivity contribution in [1.82, 2.24) is 0 Å². The van der Waals surface area contributed by atoms with Crippen molar-refractivity contribution in [3.8, 4) is 0 Å². The highest BCUT2D eigenvalue weighted by Crippen LogP contribution is 2.60. The monoisotopic (exact) mass is 363 g/mol. The molecule has 1 saturated heterocycles. The van der Waals surface area contributed by atoms with Crippen molar-refractivity contribution >= 4 is 33.5 Å². The number of ether oxygens (including phenoxy) is 1. The van der Waals surface area contributed by atoms with Gasteiger partial charge in [0.2, 0.25) is 5.91 Å². The van der Waals surface area contributed by atoms with Crippen LogP contribution in [-0.2, 0) is 14.3 Å². The van der Waals surface area contributed by atoms with Crippen molar-refractivity contribution < 1.29 is 14.3 Å². The fraction of sp³-hybridized carbons (Fsp3) is 0.529. The molecule has 1 aromatic carbocycles. The molecule has 1 amide bonds. The summed E-state index contributed by atoms with van der Waals surface area (Å²) < 4.78 is 5.46. The third kappa shape index (κ3) is 1.81. The maximum Gasteiger partial charge on any atom is 0.310 e. The summed E-state index contributed by atoms with van der Waals surface area (Å²) in [4.78, 5) is 25.1. The maximum atomic E-state index is 12.8. The molecule has 0 spiro atoms. The third-order valence-corrected chi connectivity index (χ3v) is 6.76. The van der Waals surface area contributed by atoms with E-state index < -0.39 is 0 Å². The lowest BCUT2D eigenvalue weighted by Gasteiger charge is -2.28. The molecule has 0 radical (unpaired) electrons. The molecule has 0 aromatic heterocycles. The third-order valence-electron chi connectivity index (χ3n) is 5.56. The van der Waals surface area contributed by atoms with Gasteiger partial charge < -0.3 is 10.1 Å². The van der Waals surface area contributed by atoms with Gasteiger partial charge in [-0.15, -0.1) is 0 Å². The van der Waals surface area contributed by atoms with Crippen LogP contribution in [0.1, 0.15) is 17.5 Å². The Hall–Kier alpha value is -1.36. The molecule has 2 bridgehead atoms. The number of anilines is 1. The molecule has 2 saturated carbocycles. The first kappa shape index (κ1) is 14.2. The number of hydrogen-bond acceptors (Lipinski definition) is 3. The van der Waals surface area contributed by atoms with Crippen LogP contribution in [0.3, 0.4) is 0 Å². The molecule has 0 unspecified atom stereocenters. The molecule has 2 aliphatic carbocycles. The van der Waals surface area contributed by atoms with Crippen LogP contribution < -0.4 is 5.32 Å². The number of halogens is 1. The van der Waals surface area contributed by atoms with Crippen molar-refractivity contribution in [2.24, 2.45) is 23.7 Å². The zero-order chi connectivity index (χ0) is 15.6. The maximum absolute atomic E-state index is 12.8. The Morgan fingerprint density at radius 1 is 1.27 bits per heavy atom. The van der Waals surface area contributed by atoms with E-state index in [-0.39, 0.29) is 46.5 Å². The quantitative estimate of drug-likeness (QED) is 0.649. The summed E-state index contributed by atoms with van der Waals surface area (Å²) in [5.41, 5.74) is 2.95. The van der Waals surface area contributed by atoms with Crippen LogP contribution >= 0.6 is 15.9 Å². The fourth-order valence-electron chi connectivity index (χ4n) is 4.55. The molecule has 1 N–H and O–H groups in total. The van der Waals surface area contributed by atoms with Gasteiger partial charge in [0.25, 0.3) is 0 Å². The number of carbonyl (C=O) groups excluding carboxylic acids is 2. The molecule has 4 nitrogen and oxygen atoms in total. The Balaban J connectivity index is 1.63. The number of alkyl halides is 1. The molecule has 4 rings (SSSR count). The van der Waals surface area contributed by atoms with Gasteiger partial charge in [-0.05, 0) is 37.3 Å². The predicted molar refractivity (Wildman–Crippen MR) is 85.7 cm³/mol. The van der Waals surface area contributed by atoms with Crippen LogP contribution in [0.4, 0.5) is 5.69 Å². The Morgan fingerprint density at radius 3 is 2.64 bits per heavy atom. The van der Waals surface area contributed by atoms with E-state index in [2.05, 4.69) is 21.2 Å². The minimum atomic E-state index is -0.278. The predicted octanol–water partition coefficient (Wildman–Crippen LogP) is 2.81. The van der Waals surface area contributed by atoms with Crippen molar-refractivity contribution in [2.45, 2.75) is 31.2 Å². The molecule has 22 heavy (non-hydrogen) atoms. The first-order chi connectivity index (χ1) is 10.5. The summed E-state index contributed by atoms with van der Waals surface area (Å²) in [5, 5.41) is 3.06. The molecule has 3 fully saturated rings. The molecular weight excluding hydrogens is 346 g/mol. The van der Waals surface area contributed by atoms with Crippen LogP contribution in [-0.4, -0.2) is 22.8 Å². The second kappa shape index (κ2) is 4.82. The van der Waals surface area contributed by atoms with E-state index in [0.717, 1.165) is 23.2 Å². The lowest BCUT2D eigenvalue weighted by Crippen LogP contribution is -2.40. The van der Waals surface area contributed by atoms with E-state index >= 15 is 0 Å². The topological polar surface area (TPSA) is 55.4 Å². The van der Waals surface area contributed by atoms with Crippen molar-refractivity contribution in [3.63, 3.8) is 0 Å². The van der Waals surface area contributed by atoms with E-state index in [1.807, 2.05) is 32.0 Å². The number of carbonyl (C=O) groups is 2. The van der Waals surface area contributed by atoms with Crippen LogP contribution in [0, 0.1) is 37.5 Å². The van der Waals surface area contributed by atoms with Gasteiger partial charge in [-0.2, -0.15) is 0 Å². The average molecular weight is 364 g/mol. The number of hydrogen-bond donors (Lipinski definition) is 1. The highest BCUT2D eigenvalue weighted by atomic mass is 79.9. The lowest BCUT2D eigenvalue weighted by molar-refractivity contribution is -0.145. The first-order valence-electron chi connectivity index (χ1n) is 7.70. The van der Waals surface area contributed by atoms with Gasteiger partial charge >= 0.3 is 5.97 Å². The minimum Gasteiger partial charge on any atom is -0.461 e. The van der Waals surface area contributed by atoms with Gasteiger partial charge in [0, 0.05) is 11.6 Å². The zero-order valence-corrected chi connectivity index (χ0v) is 14.1. The highest BCUT2D eigenvalue weighted by molar-refractivity contribution is 9.09. The molecule has 1 aromatic rings. The van der Waals surface area contributed by atoms with Crippen LogP contribution in [0.25, 0.3) is 0 Å². The van der Waals surface area contributed by atoms with Crippen molar-refractivity contribution in [1.29, 1.82) is 0 Å². The molecule has 5 heteroatoms. The number of esters is 1. The normalized spacial score (nSPS) is 38.2. The Bertz CT molecular complexity index is 654. The second-order valence-corrected chi connectivity index (χ2v) is 7.77. The minimum absolute atomic E-state index is 0.0354. The molecule has 6 atom stereocenters. The zero-order valence-electron chi connectivity index (χ0n) is 12.5. The number of nitrogens with one attached hydrogen (secondary N) is 1. The Kier molecular flexibility index (Phi) is 3.12. The number of fused-ring (bicyclic) bond motifs is 1. The SMILES string of the molecule is Cc1cccc(C)c1NC(=O)[C@@H]1[C@H]2C[C@H]3[C@H](OC(=O)[C@@H]31)[C@H]2Br. The van der Waals surface area contributed by atoms with E-state index in [9.17, 15) is 9.59 Å². The van der Waals surface area contributed by atoms with E-state index in [4.69, 9.17) is 4.74 Å². The Labute approximate surface area is 137 Å². The highest BCUT2D eigenvalue weighted by Gasteiger charge is 2.67. The largest absolute Gasteiger partial charge is 0.461 e. The van der Waals surface area contributed by atoms with E-state index in [0.29, 0.717) is 0 Å². The number of aryl methyl sites for hydroxylation is 2. The van der Waals surface area contributed by atoms with Gasteiger partial charge in [0.1, 0.15) is 6.10 Å². The van der Waals surface area contributed by atoms with Gasteiger partial charge in [-0.25, -0.2) is 0 Å². The standard InChI is InChI=1S/C17H18BrNO3/c1-7-4-3-5-8(2)14(7)19-16(20)11-9-6-10-12(11)17(21)22-15(10)13(9)18/h3-5,9-13,15H,6H2,1-2H3,(H,19,20)/t9-,10-,11-,12+,13+,15+/m1/s1. The summed E-state index contributed by atoms with van der Waals surface area (Å²) >= 11 is 3.64. The molecule has 1 aliphatic heterocycles. The molecule has 116 valence electrons. The average Bonchev–Trinajstić information content (AvgIpc) is 3.07. The number of para-hydroxylation sites is 1.